The minimum atomic E-state index is -0.843. The molecule has 0 bridgehead atoms. The molecule has 1 aliphatic heterocycles. The molecule has 0 amide bonds. The number of hydrogen-bond donors (Lipinski definition) is 0. The number of esters is 2. The highest BCUT2D eigenvalue weighted by Crippen LogP contribution is 2.32. The molecule has 1 atom stereocenters. The first-order valence-electron chi connectivity index (χ1n) is 15.2. The van der Waals surface area contributed by atoms with Crippen LogP contribution in [0.15, 0.2) is 119 Å². The molecule has 5 aromatic rings. The molecule has 3 heterocycles. The van der Waals surface area contributed by atoms with Gasteiger partial charge in [-0.1, -0.05) is 54.3 Å². The second kappa shape index (κ2) is 13.9. The zero-order chi connectivity index (χ0) is 33.8. The zero-order valence-corrected chi connectivity index (χ0v) is 27.4. The Bertz CT molecular complexity index is 2210. The van der Waals surface area contributed by atoms with E-state index in [-0.39, 0.29) is 17.7 Å². The highest BCUT2D eigenvalue weighted by molar-refractivity contribution is 7.07. The lowest BCUT2D eigenvalue weighted by molar-refractivity contribution is -0.138. The SMILES string of the molecule is C=CCOC(=O)C1=C(C)N=c2s/c(=C/c3cn(-c4ccccc4)nc3-c3ccc(OCC)cc3)c(=O)n2[C@@H]1c1ccc(OC(C)=O)cc1. The Labute approximate surface area is 280 Å². The van der Waals surface area contributed by atoms with Crippen LogP contribution in [0.5, 0.6) is 11.5 Å². The summed E-state index contributed by atoms with van der Waals surface area (Å²) in [6, 6.07) is 23.2. The van der Waals surface area contributed by atoms with Crippen LogP contribution in [0.2, 0.25) is 0 Å². The molecule has 6 rings (SSSR count). The number of thiazole rings is 1. The van der Waals surface area contributed by atoms with Crippen molar-refractivity contribution < 1.29 is 23.8 Å². The maximum Gasteiger partial charge on any atom is 0.338 e. The highest BCUT2D eigenvalue weighted by atomic mass is 32.1. The molecule has 3 aromatic carbocycles. The predicted octanol–water partition coefficient (Wildman–Crippen LogP) is 5.14. The molecule has 48 heavy (non-hydrogen) atoms. The molecule has 11 heteroatoms. The van der Waals surface area contributed by atoms with Crippen LogP contribution in [0.1, 0.15) is 37.9 Å². The van der Waals surface area contributed by atoms with Gasteiger partial charge in [0.05, 0.1) is 34.1 Å². The van der Waals surface area contributed by atoms with Crippen molar-refractivity contribution in [3.63, 3.8) is 0 Å². The first-order valence-corrected chi connectivity index (χ1v) is 16.1. The van der Waals surface area contributed by atoms with E-state index < -0.39 is 18.0 Å². The van der Waals surface area contributed by atoms with Crippen LogP contribution in [0.4, 0.5) is 0 Å². The summed E-state index contributed by atoms with van der Waals surface area (Å²) in [5.74, 6) is 0.0199. The fourth-order valence-corrected chi connectivity index (χ4v) is 6.48. The second-order valence-corrected chi connectivity index (χ2v) is 11.8. The number of nitrogens with zero attached hydrogens (tertiary/aromatic N) is 4. The Morgan fingerprint density at radius 1 is 1.00 bits per heavy atom. The number of para-hydroxylation sites is 1. The van der Waals surface area contributed by atoms with Gasteiger partial charge in [0, 0.05) is 24.2 Å². The summed E-state index contributed by atoms with van der Waals surface area (Å²) in [5.41, 5.74) is 4.04. The lowest BCUT2D eigenvalue weighted by atomic mass is 9.96. The van der Waals surface area contributed by atoms with E-state index in [0.29, 0.717) is 38.6 Å². The van der Waals surface area contributed by atoms with Crippen molar-refractivity contribution >= 4 is 29.4 Å². The number of carbonyl (C=O) groups is 2. The molecule has 0 radical (unpaired) electrons. The first kappa shape index (κ1) is 32.1. The third-order valence-electron chi connectivity index (χ3n) is 7.52. The van der Waals surface area contributed by atoms with Gasteiger partial charge in [0.1, 0.15) is 23.8 Å². The molecule has 0 aliphatic carbocycles. The van der Waals surface area contributed by atoms with Gasteiger partial charge in [-0.25, -0.2) is 14.5 Å². The quantitative estimate of drug-likeness (QED) is 0.116. The van der Waals surface area contributed by atoms with Crippen LogP contribution in [-0.2, 0) is 14.3 Å². The van der Waals surface area contributed by atoms with Gasteiger partial charge in [-0.15, -0.1) is 0 Å². The van der Waals surface area contributed by atoms with E-state index in [1.165, 1.54) is 28.9 Å². The van der Waals surface area contributed by atoms with Gasteiger partial charge in [-0.3, -0.25) is 14.2 Å². The fourth-order valence-electron chi connectivity index (χ4n) is 5.44. The number of rotatable bonds is 10. The van der Waals surface area contributed by atoms with Gasteiger partial charge in [0.25, 0.3) is 5.56 Å². The number of fused-ring (bicyclic) bond motifs is 1. The number of benzene rings is 3. The molecule has 0 spiro atoms. The Balaban J connectivity index is 1.51. The van der Waals surface area contributed by atoms with E-state index in [0.717, 1.165) is 22.6 Å². The number of carbonyl (C=O) groups excluding carboxylic acids is 2. The monoisotopic (exact) mass is 660 g/mol. The number of allylic oxidation sites excluding steroid dienone is 1. The summed E-state index contributed by atoms with van der Waals surface area (Å²) in [6.07, 6.45) is 5.16. The van der Waals surface area contributed by atoms with Gasteiger partial charge in [-0.2, -0.15) is 5.10 Å². The topological polar surface area (TPSA) is 114 Å². The largest absolute Gasteiger partial charge is 0.494 e. The fraction of sp³-hybridized carbons (Fsp3) is 0.162. The minimum absolute atomic E-state index is 0.00211. The van der Waals surface area contributed by atoms with Crippen LogP contribution >= 0.6 is 11.3 Å². The van der Waals surface area contributed by atoms with Crippen molar-refractivity contribution in [1.82, 2.24) is 14.3 Å². The summed E-state index contributed by atoms with van der Waals surface area (Å²) >= 11 is 1.22. The van der Waals surface area contributed by atoms with Crippen LogP contribution < -0.4 is 24.4 Å². The molecule has 0 saturated heterocycles. The molecule has 10 nitrogen and oxygen atoms in total. The van der Waals surface area contributed by atoms with Gasteiger partial charge >= 0.3 is 11.9 Å². The smallest absolute Gasteiger partial charge is 0.338 e. The molecule has 0 unspecified atom stereocenters. The standard InChI is InChI=1S/C37H32N4O6S/c1-5-20-46-36(44)32-23(3)38-37-41(34(32)26-14-18-30(19-15-26)47-24(4)42)35(43)31(48-37)21-27-22-40(28-10-8-7-9-11-28)39-33(27)25-12-16-29(17-13-25)45-6-2/h5,7-19,21-22,34H,1,6,20H2,2-4H3/b31-21+/t34-/m1/s1. The molecule has 0 saturated carbocycles. The van der Waals surface area contributed by atoms with E-state index in [1.54, 1.807) is 41.9 Å². The summed E-state index contributed by atoms with van der Waals surface area (Å²) in [6.45, 7) is 9.15. The molecule has 1 aliphatic rings. The van der Waals surface area contributed by atoms with Crippen molar-refractivity contribution in [3.05, 3.63) is 140 Å². The van der Waals surface area contributed by atoms with Crippen molar-refractivity contribution in [2.75, 3.05) is 13.2 Å². The van der Waals surface area contributed by atoms with E-state index >= 15 is 0 Å². The average Bonchev–Trinajstić information content (AvgIpc) is 3.64. The molecule has 242 valence electrons. The Morgan fingerprint density at radius 3 is 2.38 bits per heavy atom. The van der Waals surface area contributed by atoms with Crippen LogP contribution in [0.25, 0.3) is 23.0 Å². The van der Waals surface area contributed by atoms with Crippen LogP contribution in [0.3, 0.4) is 0 Å². The molecule has 2 aromatic heterocycles. The molecule has 0 fully saturated rings. The van der Waals surface area contributed by atoms with Crippen LogP contribution in [-0.4, -0.2) is 39.5 Å². The normalized spacial score (nSPS) is 14.2. The number of aromatic nitrogens is 3. The summed E-state index contributed by atoms with van der Waals surface area (Å²) in [4.78, 5) is 44.3. The van der Waals surface area contributed by atoms with Crippen molar-refractivity contribution in [1.29, 1.82) is 0 Å². The van der Waals surface area contributed by atoms with E-state index in [1.807, 2.05) is 67.7 Å². The van der Waals surface area contributed by atoms with Crippen molar-refractivity contribution in [2.24, 2.45) is 4.99 Å². The highest BCUT2D eigenvalue weighted by Gasteiger charge is 2.33. The molecular formula is C37H32N4O6S. The maximum absolute atomic E-state index is 14.3. The van der Waals surface area contributed by atoms with Crippen molar-refractivity contribution in [2.45, 2.75) is 26.8 Å². The maximum atomic E-state index is 14.3. The molecular weight excluding hydrogens is 628 g/mol. The minimum Gasteiger partial charge on any atom is -0.494 e. The van der Waals surface area contributed by atoms with E-state index in [9.17, 15) is 14.4 Å². The molecule has 0 N–H and O–H groups in total. The lowest BCUT2D eigenvalue weighted by Gasteiger charge is -2.24. The third kappa shape index (κ3) is 6.53. The van der Waals surface area contributed by atoms with Gasteiger partial charge in [-0.05, 0) is 74.0 Å². The van der Waals surface area contributed by atoms with Gasteiger partial charge < -0.3 is 14.2 Å². The Morgan fingerprint density at radius 2 is 1.71 bits per heavy atom. The van der Waals surface area contributed by atoms with Gasteiger partial charge in [0.2, 0.25) is 0 Å². The second-order valence-electron chi connectivity index (χ2n) is 10.8. The van der Waals surface area contributed by atoms with Crippen molar-refractivity contribution in [3.8, 4) is 28.4 Å². The predicted molar refractivity (Wildman–Crippen MR) is 183 cm³/mol. The lowest BCUT2D eigenvalue weighted by Crippen LogP contribution is -2.39. The third-order valence-corrected chi connectivity index (χ3v) is 8.50. The van der Waals surface area contributed by atoms with E-state index in [4.69, 9.17) is 19.3 Å². The van der Waals surface area contributed by atoms with E-state index in [2.05, 4.69) is 11.6 Å². The number of ether oxygens (including phenoxy) is 3. The van der Waals surface area contributed by atoms with Gasteiger partial charge in [0.15, 0.2) is 4.80 Å². The van der Waals surface area contributed by atoms with Crippen LogP contribution in [0, 0.1) is 0 Å². The average molecular weight is 661 g/mol. The summed E-state index contributed by atoms with van der Waals surface area (Å²) in [5, 5.41) is 4.90. The first-order chi connectivity index (χ1) is 23.3. The Hall–Kier alpha value is -5.81. The summed E-state index contributed by atoms with van der Waals surface area (Å²) < 4.78 is 20.0. The Kier molecular flexibility index (Phi) is 9.31. The number of hydrogen-bond acceptors (Lipinski definition) is 9. The summed E-state index contributed by atoms with van der Waals surface area (Å²) in [7, 11) is 0. The zero-order valence-electron chi connectivity index (χ0n) is 26.6.